The second-order valence-electron chi connectivity index (χ2n) is 2.77. The van der Waals surface area contributed by atoms with Crippen molar-refractivity contribution in [3.05, 3.63) is 12.7 Å². The lowest BCUT2D eigenvalue weighted by Gasteiger charge is -2.04. The summed E-state index contributed by atoms with van der Waals surface area (Å²) in [6.45, 7) is 3.60. The topological polar surface area (TPSA) is 20.2 Å². The van der Waals surface area contributed by atoms with Crippen molar-refractivity contribution in [1.29, 1.82) is 0 Å². The molecule has 1 nitrogen and oxygen atoms in total. The Hall–Kier alpha value is -0.300. The lowest BCUT2D eigenvalue weighted by Crippen LogP contribution is -2.07. The molecule has 0 radical (unpaired) electrons. The van der Waals surface area contributed by atoms with Gasteiger partial charge in [-0.1, -0.05) is 6.08 Å². The van der Waals surface area contributed by atoms with Crippen molar-refractivity contribution in [2.75, 3.05) is 0 Å². The number of aliphatic hydroxyl groups is 1. The molecule has 1 N–H and O–H groups in total. The summed E-state index contributed by atoms with van der Waals surface area (Å²) < 4.78 is 0. The van der Waals surface area contributed by atoms with Gasteiger partial charge < -0.3 is 5.11 Å². The highest BCUT2D eigenvalue weighted by Gasteiger charge is 2.28. The highest BCUT2D eigenvalue weighted by atomic mass is 16.3. The molecule has 0 amide bonds. The van der Waals surface area contributed by atoms with Gasteiger partial charge in [-0.2, -0.15) is 0 Å². The first kappa shape index (κ1) is 6.81. The lowest BCUT2D eigenvalue weighted by atomic mass is 10.1. The molecule has 1 aliphatic carbocycles. The van der Waals surface area contributed by atoms with Crippen LogP contribution in [-0.2, 0) is 0 Å². The predicted molar refractivity (Wildman–Crippen MR) is 38.2 cm³/mol. The molecular weight excluding hydrogens is 112 g/mol. The first-order chi connectivity index (χ1) is 4.34. The van der Waals surface area contributed by atoms with E-state index >= 15 is 0 Å². The molecule has 0 aromatic heterocycles. The molecule has 0 heterocycles. The van der Waals surface area contributed by atoms with Crippen LogP contribution in [0, 0.1) is 5.92 Å². The molecule has 1 atom stereocenters. The molecule has 0 aliphatic heterocycles. The molecule has 0 aromatic carbocycles. The quantitative estimate of drug-likeness (QED) is 0.569. The molecule has 1 aliphatic rings. The van der Waals surface area contributed by atoms with Crippen LogP contribution in [-0.4, -0.2) is 11.2 Å². The molecule has 0 bridgehead atoms. The van der Waals surface area contributed by atoms with Gasteiger partial charge in [-0.3, -0.25) is 0 Å². The van der Waals surface area contributed by atoms with Gasteiger partial charge in [0.15, 0.2) is 0 Å². The van der Waals surface area contributed by atoms with E-state index in [1.54, 1.807) is 0 Å². The normalized spacial score (nSPS) is 21.4. The van der Waals surface area contributed by atoms with E-state index in [0.717, 1.165) is 12.8 Å². The molecule has 9 heavy (non-hydrogen) atoms. The Kier molecular flexibility index (Phi) is 2.29. The molecular formula is C8H14O. The van der Waals surface area contributed by atoms with E-state index in [1.165, 1.54) is 12.8 Å². The van der Waals surface area contributed by atoms with E-state index in [-0.39, 0.29) is 6.10 Å². The minimum Gasteiger partial charge on any atom is -0.393 e. The molecule has 0 saturated heterocycles. The van der Waals surface area contributed by atoms with Gasteiger partial charge >= 0.3 is 0 Å². The minimum absolute atomic E-state index is 0.0389. The zero-order valence-corrected chi connectivity index (χ0v) is 5.71. The fourth-order valence-corrected chi connectivity index (χ4v) is 1.01. The highest BCUT2D eigenvalue weighted by Crippen LogP contribution is 2.34. The fourth-order valence-electron chi connectivity index (χ4n) is 1.01. The van der Waals surface area contributed by atoms with Crippen molar-refractivity contribution in [3.63, 3.8) is 0 Å². The van der Waals surface area contributed by atoms with Gasteiger partial charge in [-0.15, -0.1) is 6.58 Å². The predicted octanol–water partition coefficient (Wildman–Crippen LogP) is 1.72. The Morgan fingerprint density at radius 3 is 2.78 bits per heavy atom. The third-order valence-electron chi connectivity index (χ3n) is 1.83. The average molecular weight is 126 g/mol. The van der Waals surface area contributed by atoms with E-state index in [1.807, 2.05) is 6.08 Å². The first-order valence-electron chi connectivity index (χ1n) is 3.63. The van der Waals surface area contributed by atoms with E-state index < -0.39 is 0 Å². The Balaban J connectivity index is 2.02. The fraction of sp³-hybridized carbons (Fsp3) is 0.750. The average Bonchev–Trinajstić information content (AvgIpc) is 2.63. The summed E-state index contributed by atoms with van der Waals surface area (Å²) in [5, 5.41) is 9.27. The number of hydrogen-bond donors (Lipinski definition) is 1. The zero-order chi connectivity index (χ0) is 6.69. The van der Waals surface area contributed by atoms with Gasteiger partial charge in [-0.05, 0) is 31.6 Å². The van der Waals surface area contributed by atoms with Crippen molar-refractivity contribution in [2.24, 2.45) is 5.92 Å². The number of aliphatic hydroxyl groups excluding tert-OH is 1. The molecule has 0 aromatic rings. The molecule has 1 rings (SSSR count). The summed E-state index contributed by atoms with van der Waals surface area (Å²) in [4.78, 5) is 0. The maximum Gasteiger partial charge on any atom is 0.0571 e. The summed E-state index contributed by atoms with van der Waals surface area (Å²) in [6.07, 6.45) is 6.16. The van der Waals surface area contributed by atoms with Crippen LogP contribution in [0.15, 0.2) is 12.7 Å². The highest BCUT2D eigenvalue weighted by molar-refractivity contribution is 4.82. The van der Waals surface area contributed by atoms with E-state index in [2.05, 4.69) is 6.58 Å². The number of allylic oxidation sites excluding steroid dienone is 1. The monoisotopic (exact) mass is 126 g/mol. The number of hydrogen-bond acceptors (Lipinski definition) is 1. The van der Waals surface area contributed by atoms with Crippen molar-refractivity contribution in [2.45, 2.75) is 31.8 Å². The maximum atomic E-state index is 9.27. The first-order valence-corrected chi connectivity index (χ1v) is 3.63. The van der Waals surface area contributed by atoms with Crippen LogP contribution in [0.2, 0.25) is 0 Å². The standard InChI is InChI=1S/C8H14O/c1-2-3-4-8(9)7-5-6-7/h2,7-9H,1,3-6H2/t8-/m1/s1. The van der Waals surface area contributed by atoms with Crippen molar-refractivity contribution in [1.82, 2.24) is 0 Å². The van der Waals surface area contributed by atoms with Crippen LogP contribution in [0.5, 0.6) is 0 Å². The van der Waals surface area contributed by atoms with Crippen LogP contribution in [0.4, 0.5) is 0 Å². The molecule has 1 fully saturated rings. The number of rotatable bonds is 4. The van der Waals surface area contributed by atoms with Crippen LogP contribution in [0.25, 0.3) is 0 Å². The Labute approximate surface area is 56.4 Å². The second kappa shape index (κ2) is 3.02. The van der Waals surface area contributed by atoms with Gasteiger partial charge in [0.1, 0.15) is 0 Å². The summed E-state index contributed by atoms with van der Waals surface area (Å²) in [7, 11) is 0. The smallest absolute Gasteiger partial charge is 0.0571 e. The molecule has 0 spiro atoms. The zero-order valence-electron chi connectivity index (χ0n) is 5.71. The Morgan fingerprint density at radius 2 is 2.33 bits per heavy atom. The van der Waals surface area contributed by atoms with Gasteiger partial charge in [0, 0.05) is 0 Å². The molecule has 1 saturated carbocycles. The van der Waals surface area contributed by atoms with Crippen LogP contribution in [0.3, 0.4) is 0 Å². The molecule has 0 unspecified atom stereocenters. The largest absolute Gasteiger partial charge is 0.393 e. The van der Waals surface area contributed by atoms with Gasteiger partial charge in [0.05, 0.1) is 6.10 Å². The van der Waals surface area contributed by atoms with Crippen LogP contribution < -0.4 is 0 Å². The van der Waals surface area contributed by atoms with Gasteiger partial charge in [0.2, 0.25) is 0 Å². The minimum atomic E-state index is -0.0389. The van der Waals surface area contributed by atoms with Crippen LogP contribution in [0.1, 0.15) is 25.7 Å². The Morgan fingerprint density at radius 1 is 1.67 bits per heavy atom. The molecule has 1 heteroatoms. The summed E-state index contributed by atoms with van der Waals surface area (Å²) in [5.41, 5.74) is 0. The van der Waals surface area contributed by atoms with Gasteiger partial charge in [-0.25, -0.2) is 0 Å². The summed E-state index contributed by atoms with van der Waals surface area (Å²) in [5.74, 6) is 0.630. The molecule has 52 valence electrons. The van der Waals surface area contributed by atoms with E-state index in [0.29, 0.717) is 5.92 Å². The Bertz CT molecular complexity index is 94.7. The second-order valence-corrected chi connectivity index (χ2v) is 2.77. The van der Waals surface area contributed by atoms with E-state index in [4.69, 9.17) is 0 Å². The summed E-state index contributed by atoms with van der Waals surface area (Å²) in [6, 6.07) is 0. The third-order valence-corrected chi connectivity index (χ3v) is 1.83. The van der Waals surface area contributed by atoms with E-state index in [9.17, 15) is 5.11 Å². The van der Waals surface area contributed by atoms with Crippen molar-refractivity contribution < 1.29 is 5.11 Å². The SMILES string of the molecule is C=CCC[C@@H](O)C1CC1. The van der Waals surface area contributed by atoms with Crippen LogP contribution >= 0.6 is 0 Å². The third kappa shape index (κ3) is 2.19. The maximum absolute atomic E-state index is 9.27. The van der Waals surface area contributed by atoms with Crippen molar-refractivity contribution in [3.8, 4) is 0 Å². The summed E-state index contributed by atoms with van der Waals surface area (Å²) >= 11 is 0. The van der Waals surface area contributed by atoms with Crippen molar-refractivity contribution >= 4 is 0 Å². The van der Waals surface area contributed by atoms with Gasteiger partial charge in [0.25, 0.3) is 0 Å². The lowest BCUT2D eigenvalue weighted by molar-refractivity contribution is 0.142.